The van der Waals surface area contributed by atoms with Crippen LogP contribution in [0.25, 0.3) is 0 Å². The van der Waals surface area contributed by atoms with Gasteiger partial charge >= 0.3 is 0 Å². The van der Waals surface area contributed by atoms with Crippen molar-refractivity contribution >= 4 is 17.5 Å². The Labute approximate surface area is 126 Å². The fraction of sp³-hybridized carbons (Fsp3) is 0.562. The molecule has 2 atom stereocenters. The van der Waals surface area contributed by atoms with Crippen LogP contribution >= 0.6 is 11.6 Å². The monoisotopic (exact) mass is 294 g/mol. The van der Waals surface area contributed by atoms with Crippen LogP contribution in [-0.2, 0) is 11.3 Å². The molecule has 2 rings (SSSR count). The molecule has 110 valence electrons. The number of halogens is 1. The van der Waals surface area contributed by atoms with Crippen molar-refractivity contribution in [1.29, 1.82) is 0 Å². The van der Waals surface area contributed by atoms with Crippen LogP contribution in [0.3, 0.4) is 0 Å². The van der Waals surface area contributed by atoms with Crippen molar-refractivity contribution in [2.45, 2.75) is 33.4 Å². The minimum atomic E-state index is 0.0941. The standard InChI is InChI=1S/C16H23ClN2O/c1-11(2)19(10-13-5-4-6-14(17)7-13)16(20)15-9-18-8-12(15)3/h4-7,11-12,15,18H,8-10H2,1-3H3/t12-,15-/m1/s1. The highest BCUT2D eigenvalue weighted by Crippen LogP contribution is 2.22. The van der Waals surface area contributed by atoms with Gasteiger partial charge in [0.15, 0.2) is 0 Å². The average Bonchev–Trinajstić information content (AvgIpc) is 2.81. The van der Waals surface area contributed by atoms with E-state index in [1.165, 1.54) is 0 Å². The van der Waals surface area contributed by atoms with Crippen LogP contribution in [-0.4, -0.2) is 29.9 Å². The van der Waals surface area contributed by atoms with Crippen LogP contribution in [0.2, 0.25) is 5.02 Å². The first-order chi connectivity index (χ1) is 9.49. The normalized spacial score (nSPS) is 22.2. The summed E-state index contributed by atoms with van der Waals surface area (Å²) in [5.74, 6) is 0.747. The van der Waals surface area contributed by atoms with E-state index >= 15 is 0 Å². The lowest BCUT2D eigenvalue weighted by molar-refractivity contribution is -0.138. The molecule has 0 unspecified atom stereocenters. The summed E-state index contributed by atoms with van der Waals surface area (Å²) in [6.07, 6.45) is 0. The maximum Gasteiger partial charge on any atom is 0.227 e. The lowest BCUT2D eigenvalue weighted by Gasteiger charge is -2.30. The summed E-state index contributed by atoms with van der Waals surface area (Å²) in [5, 5.41) is 4.02. The Hall–Kier alpha value is -1.06. The molecule has 1 heterocycles. The number of carbonyl (C=O) groups is 1. The molecule has 0 bridgehead atoms. The molecule has 1 aliphatic rings. The molecule has 0 spiro atoms. The zero-order valence-electron chi connectivity index (χ0n) is 12.4. The van der Waals surface area contributed by atoms with Gasteiger partial charge in [0.05, 0.1) is 5.92 Å². The molecular weight excluding hydrogens is 272 g/mol. The van der Waals surface area contributed by atoms with Gasteiger partial charge in [-0.15, -0.1) is 0 Å². The van der Waals surface area contributed by atoms with Gasteiger partial charge in [0.25, 0.3) is 0 Å². The Morgan fingerprint density at radius 3 is 2.75 bits per heavy atom. The highest BCUT2D eigenvalue weighted by molar-refractivity contribution is 6.30. The predicted octanol–water partition coefficient (Wildman–Crippen LogP) is 2.93. The van der Waals surface area contributed by atoms with E-state index in [1.807, 2.05) is 29.2 Å². The maximum absolute atomic E-state index is 12.7. The quantitative estimate of drug-likeness (QED) is 0.926. The van der Waals surface area contributed by atoms with E-state index in [9.17, 15) is 4.79 Å². The summed E-state index contributed by atoms with van der Waals surface area (Å²) in [4.78, 5) is 14.7. The smallest absolute Gasteiger partial charge is 0.227 e. The Balaban J connectivity index is 2.12. The van der Waals surface area contributed by atoms with Crippen molar-refractivity contribution in [2.24, 2.45) is 11.8 Å². The predicted molar refractivity (Wildman–Crippen MR) is 82.7 cm³/mol. The van der Waals surface area contributed by atoms with E-state index in [0.717, 1.165) is 23.7 Å². The minimum Gasteiger partial charge on any atom is -0.336 e. The number of benzene rings is 1. The number of nitrogens with zero attached hydrogens (tertiary/aromatic N) is 1. The Morgan fingerprint density at radius 2 is 2.20 bits per heavy atom. The highest BCUT2D eigenvalue weighted by atomic mass is 35.5. The molecule has 1 saturated heterocycles. The van der Waals surface area contributed by atoms with Crippen LogP contribution in [0.1, 0.15) is 26.3 Å². The first kappa shape index (κ1) is 15.3. The van der Waals surface area contributed by atoms with Gasteiger partial charge in [-0.2, -0.15) is 0 Å². The third-order valence-corrected chi connectivity index (χ3v) is 4.22. The Bertz CT molecular complexity index is 475. The van der Waals surface area contributed by atoms with E-state index in [0.29, 0.717) is 12.5 Å². The van der Waals surface area contributed by atoms with Crippen molar-refractivity contribution < 1.29 is 4.79 Å². The van der Waals surface area contributed by atoms with Gasteiger partial charge in [-0.25, -0.2) is 0 Å². The van der Waals surface area contributed by atoms with Gasteiger partial charge in [0.2, 0.25) is 5.91 Å². The fourth-order valence-electron chi connectivity index (χ4n) is 2.70. The van der Waals surface area contributed by atoms with Crippen molar-refractivity contribution in [3.05, 3.63) is 34.9 Å². The molecule has 1 aromatic carbocycles. The third kappa shape index (κ3) is 3.53. The lowest BCUT2D eigenvalue weighted by Crippen LogP contribution is -2.42. The van der Waals surface area contributed by atoms with Crippen LogP contribution in [0.5, 0.6) is 0 Å². The fourth-order valence-corrected chi connectivity index (χ4v) is 2.91. The Morgan fingerprint density at radius 1 is 1.45 bits per heavy atom. The molecular formula is C16H23ClN2O. The van der Waals surface area contributed by atoms with Crippen molar-refractivity contribution in [3.63, 3.8) is 0 Å². The summed E-state index contributed by atoms with van der Waals surface area (Å²) >= 11 is 6.02. The second kappa shape index (κ2) is 6.59. The van der Waals surface area contributed by atoms with Gasteiger partial charge in [0.1, 0.15) is 0 Å². The Kier molecular flexibility index (Phi) is 5.06. The summed E-state index contributed by atoms with van der Waals surface area (Å²) in [6.45, 7) is 8.62. The van der Waals surface area contributed by atoms with Gasteiger partial charge in [-0.05, 0) is 44.0 Å². The topological polar surface area (TPSA) is 32.3 Å². The van der Waals surface area contributed by atoms with E-state index in [1.54, 1.807) is 0 Å². The average molecular weight is 295 g/mol. The van der Waals surface area contributed by atoms with Gasteiger partial charge in [-0.3, -0.25) is 4.79 Å². The van der Waals surface area contributed by atoms with Crippen LogP contribution < -0.4 is 5.32 Å². The molecule has 1 aromatic rings. The molecule has 0 aromatic heterocycles. The second-order valence-electron chi connectivity index (χ2n) is 5.93. The van der Waals surface area contributed by atoms with Gasteiger partial charge in [0, 0.05) is 24.2 Å². The highest BCUT2D eigenvalue weighted by Gasteiger charge is 2.33. The van der Waals surface area contributed by atoms with E-state index in [-0.39, 0.29) is 17.9 Å². The van der Waals surface area contributed by atoms with Crippen LogP contribution in [0.15, 0.2) is 24.3 Å². The maximum atomic E-state index is 12.7. The number of hydrogen-bond donors (Lipinski definition) is 1. The number of carbonyl (C=O) groups excluding carboxylic acids is 1. The van der Waals surface area contributed by atoms with Crippen LogP contribution in [0.4, 0.5) is 0 Å². The van der Waals surface area contributed by atoms with Crippen LogP contribution in [0, 0.1) is 11.8 Å². The molecule has 20 heavy (non-hydrogen) atoms. The third-order valence-electron chi connectivity index (χ3n) is 3.98. The summed E-state index contributed by atoms with van der Waals surface area (Å²) in [7, 11) is 0. The second-order valence-corrected chi connectivity index (χ2v) is 6.37. The summed E-state index contributed by atoms with van der Waals surface area (Å²) in [5.41, 5.74) is 1.08. The molecule has 1 fully saturated rings. The van der Waals surface area contributed by atoms with E-state index in [4.69, 9.17) is 11.6 Å². The molecule has 4 heteroatoms. The molecule has 1 aliphatic heterocycles. The van der Waals surface area contributed by atoms with Crippen molar-refractivity contribution in [3.8, 4) is 0 Å². The number of hydrogen-bond acceptors (Lipinski definition) is 2. The number of nitrogens with one attached hydrogen (secondary N) is 1. The van der Waals surface area contributed by atoms with E-state index in [2.05, 4.69) is 26.1 Å². The summed E-state index contributed by atoms with van der Waals surface area (Å²) in [6, 6.07) is 7.93. The van der Waals surface area contributed by atoms with Gasteiger partial charge < -0.3 is 10.2 Å². The zero-order valence-corrected chi connectivity index (χ0v) is 13.2. The molecule has 3 nitrogen and oxygen atoms in total. The summed E-state index contributed by atoms with van der Waals surface area (Å²) < 4.78 is 0. The van der Waals surface area contributed by atoms with Crippen molar-refractivity contribution in [2.75, 3.05) is 13.1 Å². The molecule has 0 aliphatic carbocycles. The number of rotatable bonds is 4. The number of amides is 1. The van der Waals surface area contributed by atoms with Crippen molar-refractivity contribution in [1.82, 2.24) is 10.2 Å². The first-order valence-corrected chi connectivity index (χ1v) is 7.62. The SMILES string of the molecule is CC(C)N(Cc1cccc(Cl)c1)C(=O)[C@@H]1CNC[C@H]1C. The largest absolute Gasteiger partial charge is 0.336 e. The first-order valence-electron chi connectivity index (χ1n) is 7.24. The molecule has 0 saturated carbocycles. The van der Waals surface area contributed by atoms with Gasteiger partial charge in [-0.1, -0.05) is 30.7 Å². The van der Waals surface area contributed by atoms with E-state index < -0.39 is 0 Å². The minimum absolute atomic E-state index is 0.0941. The molecule has 0 radical (unpaired) electrons. The molecule has 1 amide bonds. The molecule has 1 N–H and O–H groups in total. The lowest BCUT2D eigenvalue weighted by atomic mass is 9.96. The zero-order chi connectivity index (χ0) is 14.7.